The summed E-state index contributed by atoms with van der Waals surface area (Å²) >= 11 is 0. The minimum atomic E-state index is -0.543. The fourth-order valence-corrected chi connectivity index (χ4v) is 3.58. The molecule has 4 rings (SSSR count). The summed E-state index contributed by atoms with van der Waals surface area (Å²) in [6.07, 6.45) is 5.73. The summed E-state index contributed by atoms with van der Waals surface area (Å²) in [5, 5.41) is 0. The van der Waals surface area contributed by atoms with E-state index < -0.39 is 5.97 Å². The van der Waals surface area contributed by atoms with Gasteiger partial charge in [0.25, 0.3) is 5.91 Å². The third kappa shape index (κ3) is 4.94. The van der Waals surface area contributed by atoms with Crippen molar-refractivity contribution in [2.24, 2.45) is 4.99 Å². The van der Waals surface area contributed by atoms with E-state index in [2.05, 4.69) is 4.99 Å². The van der Waals surface area contributed by atoms with Gasteiger partial charge in [0.1, 0.15) is 17.3 Å². The van der Waals surface area contributed by atoms with E-state index >= 15 is 0 Å². The zero-order valence-corrected chi connectivity index (χ0v) is 17.4. The van der Waals surface area contributed by atoms with E-state index in [1.54, 1.807) is 41.3 Å². The van der Waals surface area contributed by atoms with E-state index in [0.29, 0.717) is 17.2 Å². The average molecular weight is 420 g/mol. The van der Waals surface area contributed by atoms with Crippen LogP contribution in [0, 0.1) is 0 Å². The summed E-state index contributed by atoms with van der Waals surface area (Å²) in [4.78, 5) is 31.1. The van der Waals surface area contributed by atoms with Crippen LogP contribution in [0.25, 0.3) is 6.08 Å². The highest BCUT2D eigenvalue weighted by atomic mass is 16.6. The maximum Gasteiger partial charge on any atom is 0.349 e. The number of rotatable bonds is 6. The fourth-order valence-electron chi connectivity index (χ4n) is 3.58. The van der Waals surface area contributed by atoms with Crippen LogP contribution in [0.4, 0.5) is 0 Å². The standard InChI is InChI=1S/C24H24N2O5/c1-29-21-15-17(14-19-24(28)26-13-7-3-6-10-22(26)25-19)11-12-20(21)31-23(27)16-30-18-8-4-2-5-9-18/h2,4-5,8-9,11-12,14-15H,3,6-7,10,13,16H2,1H3/b19-14+. The van der Waals surface area contributed by atoms with Gasteiger partial charge in [0.15, 0.2) is 18.1 Å². The van der Waals surface area contributed by atoms with Crippen molar-refractivity contribution in [3.8, 4) is 17.2 Å². The summed E-state index contributed by atoms with van der Waals surface area (Å²) in [6, 6.07) is 14.1. The van der Waals surface area contributed by atoms with Gasteiger partial charge in [0.2, 0.25) is 0 Å². The number of carbonyl (C=O) groups excluding carboxylic acids is 2. The van der Waals surface area contributed by atoms with E-state index in [9.17, 15) is 9.59 Å². The van der Waals surface area contributed by atoms with Crippen LogP contribution in [0.3, 0.4) is 0 Å². The smallest absolute Gasteiger partial charge is 0.349 e. The molecule has 1 fully saturated rings. The number of fused-ring (bicyclic) bond motifs is 1. The molecule has 0 saturated carbocycles. The SMILES string of the molecule is COc1cc(/C=C2/N=C3CCCCCN3C2=O)ccc1OC(=O)COc1ccccc1. The summed E-state index contributed by atoms with van der Waals surface area (Å²) in [5.74, 6) is 1.50. The Labute approximate surface area is 180 Å². The van der Waals surface area contributed by atoms with Crippen molar-refractivity contribution in [2.45, 2.75) is 25.7 Å². The Balaban J connectivity index is 1.45. The van der Waals surface area contributed by atoms with Crippen LogP contribution in [0.15, 0.2) is 59.2 Å². The van der Waals surface area contributed by atoms with Gasteiger partial charge >= 0.3 is 5.97 Å². The third-order valence-electron chi connectivity index (χ3n) is 5.12. The number of hydrogen-bond donors (Lipinski definition) is 0. The molecule has 0 radical (unpaired) electrons. The van der Waals surface area contributed by atoms with Gasteiger partial charge < -0.3 is 14.2 Å². The van der Waals surface area contributed by atoms with Crippen molar-refractivity contribution < 1.29 is 23.8 Å². The van der Waals surface area contributed by atoms with Crippen LogP contribution in [0.2, 0.25) is 0 Å². The molecule has 2 aliphatic heterocycles. The zero-order valence-electron chi connectivity index (χ0n) is 17.4. The molecule has 2 heterocycles. The Morgan fingerprint density at radius 3 is 2.74 bits per heavy atom. The molecule has 7 heteroatoms. The number of nitrogens with zero attached hydrogens (tertiary/aromatic N) is 2. The molecule has 1 saturated heterocycles. The third-order valence-corrected chi connectivity index (χ3v) is 5.12. The number of benzene rings is 2. The Kier molecular flexibility index (Phi) is 6.31. The summed E-state index contributed by atoms with van der Waals surface area (Å²) in [6.45, 7) is 0.499. The largest absolute Gasteiger partial charge is 0.493 e. The molecular weight excluding hydrogens is 396 g/mol. The van der Waals surface area contributed by atoms with Crippen LogP contribution in [-0.4, -0.2) is 42.9 Å². The molecule has 31 heavy (non-hydrogen) atoms. The van der Waals surface area contributed by atoms with Crippen molar-refractivity contribution >= 4 is 23.8 Å². The number of amides is 1. The van der Waals surface area contributed by atoms with Gasteiger partial charge in [0.05, 0.1) is 7.11 Å². The van der Waals surface area contributed by atoms with Crippen molar-refractivity contribution in [3.05, 3.63) is 59.8 Å². The Morgan fingerprint density at radius 2 is 1.94 bits per heavy atom. The monoisotopic (exact) mass is 420 g/mol. The van der Waals surface area contributed by atoms with E-state index in [1.807, 2.05) is 18.2 Å². The first-order valence-electron chi connectivity index (χ1n) is 10.3. The number of aliphatic imine (C=N–C) groups is 1. The normalized spacial score (nSPS) is 17.1. The highest BCUT2D eigenvalue weighted by Crippen LogP contribution is 2.30. The van der Waals surface area contributed by atoms with Crippen LogP contribution in [-0.2, 0) is 9.59 Å². The molecule has 0 aromatic heterocycles. The molecule has 0 aliphatic carbocycles. The molecule has 2 aromatic carbocycles. The molecule has 160 valence electrons. The highest BCUT2D eigenvalue weighted by molar-refractivity contribution is 6.14. The van der Waals surface area contributed by atoms with Crippen LogP contribution in [0.5, 0.6) is 17.2 Å². The number of esters is 1. The van der Waals surface area contributed by atoms with E-state index in [1.165, 1.54) is 7.11 Å². The van der Waals surface area contributed by atoms with Gasteiger partial charge in [-0.25, -0.2) is 9.79 Å². The molecular formula is C24H24N2O5. The second-order valence-corrected chi connectivity index (χ2v) is 7.31. The van der Waals surface area contributed by atoms with E-state index in [-0.39, 0.29) is 18.3 Å². The van der Waals surface area contributed by atoms with Crippen LogP contribution >= 0.6 is 0 Å². The molecule has 0 atom stereocenters. The topological polar surface area (TPSA) is 77.4 Å². The quantitative estimate of drug-likeness (QED) is 0.403. The molecule has 7 nitrogen and oxygen atoms in total. The molecule has 0 bridgehead atoms. The Bertz CT molecular complexity index is 1030. The predicted octanol–water partition coefficient (Wildman–Crippen LogP) is 3.84. The Hall–Kier alpha value is -3.61. The number of hydrogen-bond acceptors (Lipinski definition) is 6. The van der Waals surface area contributed by atoms with Gasteiger partial charge in [-0.05, 0) is 48.7 Å². The maximum absolute atomic E-state index is 12.7. The number of methoxy groups -OCH3 is 1. The van der Waals surface area contributed by atoms with E-state index in [0.717, 1.165) is 43.6 Å². The maximum atomic E-state index is 12.7. The molecule has 0 unspecified atom stereocenters. The average Bonchev–Trinajstić information content (AvgIpc) is 2.94. The van der Waals surface area contributed by atoms with Crippen LogP contribution in [0.1, 0.15) is 31.2 Å². The number of para-hydroxylation sites is 1. The second-order valence-electron chi connectivity index (χ2n) is 7.31. The van der Waals surface area contributed by atoms with Gasteiger partial charge in [-0.15, -0.1) is 0 Å². The highest BCUT2D eigenvalue weighted by Gasteiger charge is 2.30. The molecule has 2 aliphatic rings. The lowest BCUT2D eigenvalue weighted by atomic mass is 10.1. The van der Waals surface area contributed by atoms with E-state index in [4.69, 9.17) is 14.2 Å². The predicted molar refractivity (Wildman–Crippen MR) is 116 cm³/mol. The minimum Gasteiger partial charge on any atom is -0.493 e. The lowest BCUT2D eigenvalue weighted by Gasteiger charge is -2.14. The van der Waals surface area contributed by atoms with Crippen LogP contribution < -0.4 is 14.2 Å². The summed E-state index contributed by atoms with van der Waals surface area (Å²) < 4.78 is 16.2. The lowest BCUT2D eigenvalue weighted by Crippen LogP contribution is -2.31. The molecule has 1 amide bonds. The van der Waals surface area contributed by atoms with Gasteiger partial charge in [-0.1, -0.05) is 30.7 Å². The molecule has 2 aromatic rings. The number of ether oxygens (including phenoxy) is 3. The number of carbonyl (C=O) groups is 2. The Morgan fingerprint density at radius 1 is 1.10 bits per heavy atom. The summed E-state index contributed by atoms with van der Waals surface area (Å²) in [5.41, 5.74) is 1.16. The molecule has 0 N–H and O–H groups in total. The first kappa shape index (κ1) is 20.7. The van der Waals surface area contributed by atoms with Crippen molar-refractivity contribution in [1.82, 2.24) is 4.90 Å². The first-order chi connectivity index (χ1) is 15.1. The van der Waals surface area contributed by atoms with Crippen molar-refractivity contribution in [2.75, 3.05) is 20.3 Å². The second kappa shape index (κ2) is 9.47. The van der Waals surface area contributed by atoms with Gasteiger partial charge in [0, 0.05) is 13.0 Å². The summed E-state index contributed by atoms with van der Waals surface area (Å²) in [7, 11) is 1.49. The molecule has 0 spiro atoms. The van der Waals surface area contributed by atoms with Gasteiger partial charge in [-0.2, -0.15) is 0 Å². The van der Waals surface area contributed by atoms with Gasteiger partial charge in [-0.3, -0.25) is 9.69 Å². The zero-order chi connectivity index (χ0) is 21.6. The van der Waals surface area contributed by atoms with Crippen molar-refractivity contribution in [1.29, 1.82) is 0 Å². The minimum absolute atomic E-state index is 0.0653. The lowest BCUT2D eigenvalue weighted by molar-refractivity contribution is -0.136. The number of amidine groups is 1. The van der Waals surface area contributed by atoms with Crippen molar-refractivity contribution in [3.63, 3.8) is 0 Å². The first-order valence-corrected chi connectivity index (χ1v) is 10.3. The fraction of sp³-hybridized carbons (Fsp3) is 0.292.